The van der Waals surface area contributed by atoms with Gasteiger partial charge < -0.3 is 20.3 Å². The van der Waals surface area contributed by atoms with Crippen LogP contribution in [0.15, 0.2) is 36.5 Å². The van der Waals surface area contributed by atoms with E-state index in [2.05, 4.69) is 43.5 Å². The number of rotatable bonds is 54. The molecule has 0 rings (SSSR count). The van der Waals surface area contributed by atoms with Gasteiger partial charge in [0.15, 0.2) is 0 Å². The van der Waals surface area contributed by atoms with E-state index in [0.29, 0.717) is 19.4 Å². The maximum Gasteiger partial charge on any atom is 0.305 e. The van der Waals surface area contributed by atoms with Crippen LogP contribution in [0, 0.1) is 0 Å². The second-order valence-corrected chi connectivity index (χ2v) is 20.0. The summed E-state index contributed by atoms with van der Waals surface area (Å²) >= 11 is 0. The van der Waals surface area contributed by atoms with E-state index in [9.17, 15) is 19.8 Å². The van der Waals surface area contributed by atoms with Gasteiger partial charge in [0, 0.05) is 12.8 Å². The van der Waals surface area contributed by atoms with E-state index in [1.807, 2.05) is 6.08 Å². The number of esters is 1. The van der Waals surface area contributed by atoms with E-state index in [-0.39, 0.29) is 18.5 Å². The number of carbonyl (C=O) groups excluding carboxylic acids is 2. The van der Waals surface area contributed by atoms with Crippen LogP contribution in [0.3, 0.4) is 0 Å². The lowest BCUT2D eigenvalue weighted by molar-refractivity contribution is -0.143. The van der Waals surface area contributed by atoms with Crippen LogP contribution in [0.5, 0.6) is 0 Å². The van der Waals surface area contributed by atoms with E-state index in [4.69, 9.17) is 4.74 Å². The van der Waals surface area contributed by atoms with Crippen molar-refractivity contribution in [1.29, 1.82) is 0 Å². The molecule has 2 atom stereocenters. The molecule has 388 valence electrons. The highest BCUT2D eigenvalue weighted by Gasteiger charge is 2.18. The molecule has 6 heteroatoms. The number of amides is 1. The number of ether oxygens (including phenoxy) is 1. The fraction of sp³-hybridized carbons (Fsp3) is 0.867. The number of hydrogen-bond acceptors (Lipinski definition) is 5. The molecular formula is C60H113NO5. The number of aliphatic hydroxyl groups is 2. The van der Waals surface area contributed by atoms with Gasteiger partial charge >= 0.3 is 5.97 Å². The zero-order valence-corrected chi connectivity index (χ0v) is 44.2. The highest BCUT2D eigenvalue weighted by Crippen LogP contribution is 2.16. The fourth-order valence-corrected chi connectivity index (χ4v) is 8.86. The predicted molar refractivity (Wildman–Crippen MR) is 287 cm³/mol. The van der Waals surface area contributed by atoms with Crippen molar-refractivity contribution in [1.82, 2.24) is 5.32 Å². The molecule has 0 bridgehead atoms. The highest BCUT2D eigenvalue weighted by atomic mass is 16.5. The largest absolute Gasteiger partial charge is 0.466 e. The molecule has 0 saturated carbocycles. The van der Waals surface area contributed by atoms with Crippen molar-refractivity contribution in [3.05, 3.63) is 36.5 Å². The first-order chi connectivity index (χ1) is 32.5. The van der Waals surface area contributed by atoms with Crippen molar-refractivity contribution < 1.29 is 24.5 Å². The van der Waals surface area contributed by atoms with Gasteiger partial charge in [0.1, 0.15) is 0 Å². The minimum atomic E-state index is -0.854. The van der Waals surface area contributed by atoms with E-state index in [1.54, 1.807) is 6.08 Å². The van der Waals surface area contributed by atoms with Gasteiger partial charge in [-0.1, -0.05) is 249 Å². The van der Waals surface area contributed by atoms with Gasteiger partial charge in [-0.05, 0) is 83.5 Å². The molecule has 0 aromatic heterocycles. The van der Waals surface area contributed by atoms with E-state index >= 15 is 0 Å². The molecule has 2 unspecified atom stereocenters. The van der Waals surface area contributed by atoms with Gasteiger partial charge in [0.2, 0.25) is 5.91 Å². The van der Waals surface area contributed by atoms with E-state index < -0.39 is 12.1 Å². The molecule has 0 saturated heterocycles. The van der Waals surface area contributed by atoms with Crippen molar-refractivity contribution in [3.8, 4) is 0 Å². The molecule has 0 aliphatic heterocycles. The quantitative estimate of drug-likeness (QED) is 0.0321. The summed E-state index contributed by atoms with van der Waals surface area (Å²) in [7, 11) is 0. The molecule has 6 nitrogen and oxygen atoms in total. The Labute approximate surface area is 411 Å². The van der Waals surface area contributed by atoms with E-state index in [1.165, 1.54) is 218 Å². The Balaban J connectivity index is 3.49. The lowest BCUT2D eigenvalue weighted by Gasteiger charge is -2.20. The summed E-state index contributed by atoms with van der Waals surface area (Å²) in [6, 6.07) is -0.639. The monoisotopic (exact) mass is 928 g/mol. The minimum absolute atomic E-state index is 0.00727. The van der Waals surface area contributed by atoms with Crippen molar-refractivity contribution in [2.45, 2.75) is 321 Å². The molecule has 0 aromatic rings. The van der Waals surface area contributed by atoms with Crippen molar-refractivity contribution >= 4 is 11.9 Å². The molecular weight excluding hydrogens is 815 g/mol. The molecule has 0 aliphatic carbocycles. The number of aliphatic hydroxyl groups excluding tert-OH is 2. The molecule has 0 aromatic carbocycles. The predicted octanol–water partition coefficient (Wildman–Crippen LogP) is 18.0. The number of carbonyl (C=O) groups is 2. The zero-order chi connectivity index (χ0) is 47.9. The van der Waals surface area contributed by atoms with Gasteiger partial charge in [0.25, 0.3) is 0 Å². The first-order valence-corrected chi connectivity index (χ1v) is 29.3. The maximum atomic E-state index is 12.5. The third-order valence-electron chi connectivity index (χ3n) is 13.4. The van der Waals surface area contributed by atoms with Crippen LogP contribution in [-0.2, 0) is 14.3 Å². The number of hydrogen-bond donors (Lipinski definition) is 3. The van der Waals surface area contributed by atoms with Crippen molar-refractivity contribution in [2.24, 2.45) is 0 Å². The van der Waals surface area contributed by atoms with Gasteiger partial charge in [-0.25, -0.2) is 0 Å². The van der Waals surface area contributed by atoms with Crippen LogP contribution >= 0.6 is 0 Å². The van der Waals surface area contributed by atoms with Crippen LogP contribution in [0.2, 0.25) is 0 Å². The SMILES string of the molecule is CCCCCC/C=C\CCCCCCCC(=O)OCCCCCCCCCCC/C=C\CCCCCCCC(=O)NC(CO)C(O)/C=C/CCCCCCCCCCCCCCCCCC. The second kappa shape index (κ2) is 55.7. The average Bonchev–Trinajstić information content (AvgIpc) is 3.32. The molecule has 0 spiro atoms. The third-order valence-corrected chi connectivity index (χ3v) is 13.4. The van der Waals surface area contributed by atoms with Crippen LogP contribution in [0.25, 0.3) is 0 Å². The Bertz CT molecular complexity index is 1070. The van der Waals surface area contributed by atoms with E-state index in [0.717, 1.165) is 64.2 Å². The standard InChI is InChI=1S/C60H113NO5/c1-3-5-7-9-11-13-15-17-18-19-22-25-29-32-36-40-44-48-52-58(63)57(56-62)61-59(64)53-49-45-41-37-33-30-26-23-20-21-24-27-31-35-39-43-47-51-55-66-60(65)54-50-46-42-38-34-28-16-14-12-10-8-6-4-2/h14,16,23,26,48,52,57-58,62-63H,3-13,15,17-22,24-25,27-47,49-51,53-56H2,1-2H3,(H,61,64)/b16-14-,26-23-,52-48+. The number of allylic oxidation sites excluding steroid dienone is 5. The number of unbranched alkanes of at least 4 members (excludes halogenated alkanes) is 39. The van der Waals surface area contributed by atoms with Crippen LogP contribution < -0.4 is 5.32 Å². The lowest BCUT2D eigenvalue weighted by atomic mass is 10.0. The zero-order valence-electron chi connectivity index (χ0n) is 44.2. The molecule has 3 N–H and O–H groups in total. The summed E-state index contributed by atoms with van der Waals surface area (Å²) in [6.45, 7) is 4.88. The highest BCUT2D eigenvalue weighted by molar-refractivity contribution is 5.76. The van der Waals surface area contributed by atoms with Crippen molar-refractivity contribution in [2.75, 3.05) is 13.2 Å². The Morgan fingerprint density at radius 1 is 0.409 bits per heavy atom. The maximum absolute atomic E-state index is 12.5. The normalized spacial score (nSPS) is 12.8. The van der Waals surface area contributed by atoms with Crippen molar-refractivity contribution in [3.63, 3.8) is 0 Å². The van der Waals surface area contributed by atoms with Gasteiger partial charge in [-0.2, -0.15) is 0 Å². The van der Waals surface area contributed by atoms with Gasteiger partial charge in [0.05, 0.1) is 25.4 Å². The Kier molecular flexibility index (Phi) is 54.1. The molecule has 66 heavy (non-hydrogen) atoms. The van der Waals surface area contributed by atoms with Gasteiger partial charge in [-0.3, -0.25) is 9.59 Å². The summed E-state index contributed by atoms with van der Waals surface area (Å²) in [5.41, 5.74) is 0. The van der Waals surface area contributed by atoms with Crippen LogP contribution in [0.4, 0.5) is 0 Å². The molecule has 0 aliphatic rings. The first-order valence-electron chi connectivity index (χ1n) is 29.3. The molecule has 0 fully saturated rings. The lowest BCUT2D eigenvalue weighted by Crippen LogP contribution is -2.45. The fourth-order valence-electron chi connectivity index (χ4n) is 8.86. The Hall–Kier alpha value is -1.92. The smallest absolute Gasteiger partial charge is 0.305 e. The average molecular weight is 929 g/mol. The molecule has 0 heterocycles. The summed E-state index contributed by atoms with van der Waals surface area (Å²) in [5.74, 6) is -0.0884. The summed E-state index contributed by atoms with van der Waals surface area (Å²) < 4.78 is 5.46. The van der Waals surface area contributed by atoms with Crippen LogP contribution in [0.1, 0.15) is 309 Å². The molecule has 1 amide bonds. The summed E-state index contributed by atoms with van der Waals surface area (Å²) in [5, 5.41) is 23.1. The Morgan fingerprint density at radius 2 is 0.712 bits per heavy atom. The topological polar surface area (TPSA) is 95.9 Å². The first kappa shape index (κ1) is 64.1. The Morgan fingerprint density at radius 3 is 1.09 bits per heavy atom. The third kappa shape index (κ3) is 51.5. The minimum Gasteiger partial charge on any atom is -0.466 e. The van der Waals surface area contributed by atoms with Gasteiger partial charge in [-0.15, -0.1) is 0 Å². The number of nitrogens with one attached hydrogen (secondary N) is 1. The molecule has 0 radical (unpaired) electrons. The second-order valence-electron chi connectivity index (χ2n) is 20.0. The summed E-state index contributed by atoms with van der Waals surface area (Å²) in [4.78, 5) is 24.5. The van der Waals surface area contributed by atoms with Crippen LogP contribution in [-0.4, -0.2) is 47.4 Å². The summed E-state index contributed by atoms with van der Waals surface area (Å²) in [6.07, 6.45) is 68.8.